The molecule has 1 aromatic carbocycles. The number of furan rings is 1. The maximum atomic E-state index is 12.8. The lowest BCUT2D eigenvalue weighted by molar-refractivity contribution is -0.121. The van der Waals surface area contributed by atoms with Gasteiger partial charge in [-0.3, -0.25) is 14.2 Å². The van der Waals surface area contributed by atoms with E-state index in [0.717, 1.165) is 5.39 Å². The molecule has 0 unspecified atom stereocenters. The smallest absolute Gasteiger partial charge is 0.258 e. The van der Waals surface area contributed by atoms with Crippen LogP contribution in [-0.4, -0.2) is 20.6 Å². The van der Waals surface area contributed by atoms with Crippen molar-refractivity contribution in [2.75, 3.05) is 0 Å². The number of hydrogen-bond acceptors (Lipinski definition) is 6. The summed E-state index contributed by atoms with van der Waals surface area (Å²) in [7, 11) is 0. The first-order valence-electron chi connectivity index (χ1n) is 9.28. The molecule has 0 saturated carbocycles. The zero-order chi connectivity index (χ0) is 20.4. The minimum absolute atomic E-state index is 0.108. The van der Waals surface area contributed by atoms with Crippen molar-refractivity contribution >= 4 is 16.8 Å². The first-order valence-corrected chi connectivity index (χ1v) is 9.28. The molecule has 8 heteroatoms. The maximum Gasteiger partial charge on any atom is 0.258 e. The molecule has 4 rings (SSSR count). The van der Waals surface area contributed by atoms with Crippen molar-refractivity contribution in [1.82, 2.24) is 20.0 Å². The van der Waals surface area contributed by atoms with Gasteiger partial charge in [0.1, 0.15) is 12.3 Å². The van der Waals surface area contributed by atoms with Crippen LogP contribution in [0.1, 0.15) is 31.4 Å². The fourth-order valence-electron chi connectivity index (χ4n) is 3.05. The number of pyridine rings is 1. The molecule has 1 amide bonds. The van der Waals surface area contributed by atoms with Crippen LogP contribution in [0.3, 0.4) is 0 Å². The van der Waals surface area contributed by atoms with Gasteiger partial charge >= 0.3 is 0 Å². The number of aromatic nitrogens is 3. The van der Waals surface area contributed by atoms with Crippen LogP contribution in [-0.2, 0) is 17.9 Å². The highest BCUT2D eigenvalue weighted by molar-refractivity contribution is 5.93. The van der Waals surface area contributed by atoms with E-state index in [2.05, 4.69) is 15.5 Å². The Balaban J connectivity index is 1.68. The number of carbonyl (C=O) groups excluding carboxylic acids is 1. The van der Waals surface area contributed by atoms with Crippen LogP contribution in [0.4, 0.5) is 0 Å². The second-order valence-electron chi connectivity index (χ2n) is 6.97. The van der Waals surface area contributed by atoms with E-state index in [1.165, 1.54) is 10.6 Å². The van der Waals surface area contributed by atoms with Gasteiger partial charge in [0.2, 0.25) is 5.91 Å². The predicted molar refractivity (Wildman–Crippen MR) is 106 cm³/mol. The molecular weight excluding hydrogens is 372 g/mol. The maximum absolute atomic E-state index is 12.8. The van der Waals surface area contributed by atoms with Crippen LogP contribution in [0.5, 0.6) is 0 Å². The van der Waals surface area contributed by atoms with Crippen LogP contribution in [0, 0.1) is 0 Å². The van der Waals surface area contributed by atoms with E-state index >= 15 is 0 Å². The summed E-state index contributed by atoms with van der Waals surface area (Å²) in [5, 5.41) is 7.49. The lowest BCUT2D eigenvalue weighted by Crippen LogP contribution is -2.32. The van der Waals surface area contributed by atoms with Gasteiger partial charge in [0.15, 0.2) is 5.82 Å². The second-order valence-corrected chi connectivity index (χ2v) is 6.97. The summed E-state index contributed by atoms with van der Waals surface area (Å²) >= 11 is 0. The van der Waals surface area contributed by atoms with Gasteiger partial charge in [0, 0.05) is 17.4 Å². The van der Waals surface area contributed by atoms with Gasteiger partial charge in [0.05, 0.1) is 23.9 Å². The number of nitrogens with one attached hydrogen (secondary N) is 1. The Morgan fingerprint density at radius 3 is 2.76 bits per heavy atom. The third kappa shape index (κ3) is 3.82. The fraction of sp³-hybridized carbons (Fsp3) is 0.238. The monoisotopic (exact) mass is 392 g/mol. The van der Waals surface area contributed by atoms with Gasteiger partial charge in [-0.05, 0) is 18.2 Å². The van der Waals surface area contributed by atoms with Crippen LogP contribution >= 0.6 is 0 Å². The first-order chi connectivity index (χ1) is 14.0. The zero-order valence-electron chi connectivity index (χ0n) is 16.1. The summed E-state index contributed by atoms with van der Waals surface area (Å²) < 4.78 is 12.0. The molecular formula is C21H20N4O4. The summed E-state index contributed by atoms with van der Waals surface area (Å²) in [4.78, 5) is 29.6. The molecule has 3 heterocycles. The Hall–Kier alpha value is -3.68. The van der Waals surface area contributed by atoms with Gasteiger partial charge in [0.25, 0.3) is 11.4 Å². The van der Waals surface area contributed by atoms with Crippen molar-refractivity contribution in [3.05, 3.63) is 70.7 Å². The Labute approximate surface area is 166 Å². The molecule has 0 atom stereocenters. The Bertz CT molecular complexity index is 1210. The number of benzene rings is 1. The second kappa shape index (κ2) is 7.75. The first kappa shape index (κ1) is 18.7. The molecule has 8 nitrogen and oxygen atoms in total. The summed E-state index contributed by atoms with van der Waals surface area (Å²) in [5.41, 5.74) is 0.848. The lowest BCUT2D eigenvalue weighted by Gasteiger charge is -2.12. The third-order valence-corrected chi connectivity index (χ3v) is 4.55. The van der Waals surface area contributed by atoms with E-state index in [1.807, 2.05) is 32.0 Å². The van der Waals surface area contributed by atoms with E-state index < -0.39 is 0 Å². The minimum atomic E-state index is -0.323. The molecule has 0 aliphatic heterocycles. The number of rotatable bonds is 6. The van der Waals surface area contributed by atoms with Crippen molar-refractivity contribution in [3.8, 4) is 11.5 Å². The zero-order valence-corrected chi connectivity index (χ0v) is 16.1. The molecule has 0 fully saturated rings. The quantitative estimate of drug-likeness (QED) is 0.541. The van der Waals surface area contributed by atoms with E-state index in [9.17, 15) is 9.59 Å². The van der Waals surface area contributed by atoms with Crippen LogP contribution < -0.4 is 10.9 Å². The van der Waals surface area contributed by atoms with Crippen molar-refractivity contribution < 1.29 is 13.7 Å². The molecule has 148 valence electrons. The van der Waals surface area contributed by atoms with Gasteiger partial charge in [-0.2, -0.15) is 4.98 Å². The van der Waals surface area contributed by atoms with Crippen molar-refractivity contribution in [2.45, 2.75) is 32.9 Å². The van der Waals surface area contributed by atoms with Crippen molar-refractivity contribution in [1.29, 1.82) is 0 Å². The number of nitrogens with zero attached hydrogens (tertiary/aromatic N) is 3. The van der Waals surface area contributed by atoms with E-state index in [4.69, 9.17) is 8.94 Å². The molecule has 0 aliphatic rings. The van der Waals surface area contributed by atoms with Crippen LogP contribution in [0.25, 0.3) is 22.4 Å². The summed E-state index contributed by atoms with van der Waals surface area (Å²) in [6.07, 6.45) is 1.54. The molecule has 0 aliphatic carbocycles. The van der Waals surface area contributed by atoms with Crippen molar-refractivity contribution in [2.24, 2.45) is 0 Å². The van der Waals surface area contributed by atoms with E-state index in [1.54, 1.807) is 24.5 Å². The topological polar surface area (TPSA) is 103 Å². The number of hydrogen-bond donors (Lipinski definition) is 1. The Kier molecular flexibility index (Phi) is 4.99. The summed E-state index contributed by atoms with van der Waals surface area (Å²) in [6, 6.07) is 12.3. The molecule has 29 heavy (non-hydrogen) atoms. The number of fused-ring (bicyclic) bond motifs is 1. The third-order valence-electron chi connectivity index (χ3n) is 4.55. The van der Waals surface area contributed by atoms with Crippen LogP contribution in [0.15, 0.2) is 62.5 Å². The Morgan fingerprint density at radius 1 is 1.21 bits per heavy atom. The predicted octanol–water partition coefficient (Wildman–Crippen LogP) is 3.08. The van der Waals surface area contributed by atoms with Crippen LogP contribution in [0.2, 0.25) is 0 Å². The highest BCUT2D eigenvalue weighted by Gasteiger charge is 2.18. The van der Waals surface area contributed by atoms with Gasteiger partial charge in [-0.1, -0.05) is 37.2 Å². The molecule has 0 spiro atoms. The van der Waals surface area contributed by atoms with E-state index in [-0.39, 0.29) is 36.4 Å². The lowest BCUT2D eigenvalue weighted by atomic mass is 10.1. The van der Waals surface area contributed by atoms with Gasteiger partial charge < -0.3 is 14.3 Å². The SMILES string of the molecule is CC(C)c1noc(-c2cc(=O)n(CC(=O)NCc3ccco3)c3ccccc23)n1. The standard InChI is InChI=1S/C21H20N4O4/c1-13(2)20-23-21(29-24-20)16-10-19(27)25(17-8-4-3-7-15(16)17)12-18(26)22-11-14-6-5-9-28-14/h3-10,13H,11-12H2,1-2H3,(H,22,26). The normalized spacial score (nSPS) is 11.3. The number of amides is 1. The van der Waals surface area contributed by atoms with Crippen molar-refractivity contribution in [3.63, 3.8) is 0 Å². The molecule has 1 N–H and O–H groups in total. The van der Waals surface area contributed by atoms with Gasteiger partial charge in [-0.25, -0.2) is 0 Å². The average molecular weight is 392 g/mol. The summed E-state index contributed by atoms with van der Waals surface area (Å²) in [5.74, 6) is 1.32. The highest BCUT2D eigenvalue weighted by Crippen LogP contribution is 2.27. The number of carbonyl (C=O) groups is 1. The molecule has 0 saturated heterocycles. The highest BCUT2D eigenvalue weighted by atomic mass is 16.5. The summed E-state index contributed by atoms with van der Waals surface area (Å²) in [6.45, 7) is 4.08. The molecule has 4 aromatic rings. The van der Waals surface area contributed by atoms with Gasteiger partial charge in [-0.15, -0.1) is 0 Å². The number of para-hydroxylation sites is 1. The largest absolute Gasteiger partial charge is 0.467 e. The fourth-order valence-corrected chi connectivity index (χ4v) is 3.05. The average Bonchev–Trinajstić information content (AvgIpc) is 3.40. The molecule has 0 radical (unpaired) electrons. The van der Waals surface area contributed by atoms with E-state index in [0.29, 0.717) is 22.7 Å². The molecule has 3 aromatic heterocycles. The minimum Gasteiger partial charge on any atom is -0.467 e. The Morgan fingerprint density at radius 2 is 2.03 bits per heavy atom. The molecule has 0 bridgehead atoms.